The van der Waals surface area contributed by atoms with Crippen molar-refractivity contribution in [1.29, 1.82) is 0 Å². The fourth-order valence-corrected chi connectivity index (χ4v) is 12.6. The predicted octanol–water partition coefficient (Wildman–Crippen LogP) is 18.6. The van der Waals surface area contributed by atoms with Crippen molar-refractivity contribution in [3.8, 4) is 11.1 Å². The quantitative estimate of drug-likeness (QED) is 0.176. The molecule has 2 heterocycles. The third-order valence-electron chi connectivity index (χ3n) is 14.5. The lowest BCUT2D eigenvalue weighted by Crippen LogP contribution is -2.16. The first-order valence-electron chi connectivity index (χ1n) is 22.8. The van der Waals surface area contributed by atoms with Crippen LogP contribution in [-0.4, -0.2) is 0 Å². The Morgan fingerprint density at radius 1 is 0.348 bits per heavy atom. The molecule has 2 nitrogen and oxygen atoms in total. The van der Waals surface area contributed by atoms with Crippen molar-refractivity contribution in [2.24, 2.45) is 0 Å². The molecule has 66 heavy (non-hydrogen) atoms. The van der Waals surface area contributed by atoms with Gasteiger partial charge in [-0.05, 0) is 125 Å². The van der Waals surface area contributed by atoms with E-state index in [2.05, 4.69) is 225 Å². The Bertz CT molecular complexity index is 4280. The lowest BCUT2D eigenvalue weighted by Gasteiger charge is -2.28. The van der Waals surface area contributed by atoms with Crippen molar-refractivity contribution in [3.05, 3.63) is 223 Å². The van der Waals surface area contributed by atoms with E-state index in [1.54, 1.807) is 0 Å². The van der Waals surface area contributed by atoms with Crippen LogP contribution < -0.4 is 4.90 Å². The van der Waals surface area contributed by atoms with Gasteiger partial charge in [0.2, 0.25) is 0 Å². The van der Waals surface area contributed by atoms with Crippen molar-refractivity contribution < 1.29 is 4.42 Å². The summed E-state index contributed by atoms with van der Waals surface area (Å²) in [4.78, 5) is 2.46. The Balaban J connectivity index is 1.15. The first-order chi connectivity index (χ1) is 32.5. The van der Waals surface area contributed by atoms with E-state index in [-0.39, 0.29) is 5.41 Å². The highest BCUT2D eigenvalue weighted by Gasteiger charge is 2.36. The summed E-state index contributed by atoms with van der Waals surface area (Å²) < 4.78 is 9.01. The molecule has 0 aliphatic heterocycles. The van der Waals surface area contributed by atoms with Crippen molar-refractivity contribution in [2.75, 3.05) is 4.90 Å². The zero-order valence-corrected chi connectivity index (χ0v) is 37.3. The maximum Gasteiger partial charge on any atom is 0.135 e. The molecule has 0 saturated carbocycles. The fourth-order valence-electron chi connectivity index (χ4n) is 11.4. The van der Waals surface area contributed by atoms with E-state index in [1.165, 1.54) is 96.3 Å². The topological polar surface area (TPSA) is 16.4 Å². The van der Waals surface area contributed by atoms with Crippen LogP contribution in [0.1, 0.15) is 25.0 Å². The van der Waals surface area contributed by atoms with Crippen LogP contribution in [0, 0.1) is 0 Å². The van der Waals surface area contributed by atoms with Gasteiger partial charge < -0.3 is 9.32 Å². The third kappa shape index (κ3) is 5.35. The van der Waals surface area contributed by atoms with Gasteiger partial charge in [0.15, 0.2) is 0 Å². The first kappa shape index (κ1) is 37.4. The van der Waals surface area contributed by atoms with Crippen LogP contribution in [0.25, 0.3) is 107 Å². The Morgan fingerprint density at radius 3 is 1.56 bits per heavy atom. The normalized spacial score (nSPS) is 13.1. The molecule has 0 saturated heterocycles. The molecular formula is C63H41NOS. The van der Waals surface area contributed by atoms with Crippen LogP contribution >= 0.6 is 11.3 Å². The van der Waals surface area contributed by atoms with Gasteiger partial charge in [-0.25, -0.2) is 0 Å². The van der Waals surface area contributed by atoms with Gasteiger partial charge in [-0.15, -0.1) is 11.3 Å². The molecule has 1 aliphatic carbocycles. The van der Waals surface area contributed by atoms with E-state index in [0.717, 1.165) is 39.0 Å². The molecule has 0 spiro atoms. The molecular weight excluding hydrogens is 819 g/mol. The Kier molecular flexibility index (Phi) is 7.94. The summed E-state index contributed by atoms with van der Waals surface area (Å²) in [7, 11) is 0. The molecule has 1 aliphatic rings. The van der Waals surface area contributed by atoms with Gasteiger partial charge in [-0.2, -0.15) is 0 Å². The molecule has 0 amide bonds. The Labute approximate surface area is 385 Å². The van der Waals surface area contributed by atoms with Crippen LogP contribution in [-0.2, 0) is 5.41 Å². The summed E-state index contributed by atoms with van der Waals surface area (Å²) in [6.45, 7) is 4.73. The molecule has 3 heteroatoms. The third-order valence-corrected chi connectivity index (χ3v) is 15.7. The number of furan rings is 1. The molecule has 0 radical (unpaired) electrons. The second-order valence-corrected chi connectivity index (χ2v) is 19.4. The van der Waals surface area contributed by atoms with Gasteiger partial charge in [0, 0.05) is 58.8 Å². The highest BCUT2D eigenvalue weighted by Crippen LogP contribution is 2.52. The predicted molar refractivity (Wildman–Crippen MR) is 284 cm³/mol. The zero-order valence-electron chi connectivity index (χ0n) is 36.5. The van der Waals surface area contributed by atoms with E-state index in [9.17, 15) is 0 Å². The van der Waals surface area contributed by atoms with Crippen molar-refractivity contribution in [3.63, 3.8) is 0 Å². The SMILES string of the molecule is CC1(C)c2ccccc2-c2ccc(N(c3ccc4oc5ccccc5c4c3)c3ccc4c5ccccc5c5ccccc5c5ccccc5c5c(ccc6c7ccccc7sc65)c4c3)cc21. The minimum atomic E-state index is -0.164. The molecule has 0 bridgehead atoms. The molecule has 310 valence electrons. The van der Waals surface area contributed by atoms with E-state index in [1.807, 2.05) is 17.4 Å². The highest BCUT2D eigenvalue weighted by atomic mass is 32.1. The van der Waals surface area contributed by atoms with Crippen LogP contribution in [0.3, 0.4) is 0 Å². The molecule has 11 aromatic carbocycles. The van der Waals surface area contributed by atoms with Crippen molar-refractivity contribution in [1.82, 2.24) is 0 Å². The average Bonchev–Trinajstić information content (AvgIpc) is 4.01. The first-order valence-corrected chi connectivity index (χ1v) is 23.6. The maximum absolute atomic E-state index is 6.41. The largest absolute Gasteiger partial charge is 0.456 e. The summed E-state index contributed by atoms with van der Waals surface area (Å²) in [5.41, 5.74) is 10.2. The van der Waals surface area contributed by atoms with Crippen molar-refractivity contribution in [2.45, 2.75) is 19.3 Å². The van der Waals surface area contributed by atoms with Gasteiger partial charge in [0.1, 0.15) is 11.2 Å². The standard InChI is InChI=1S/C63H41NOS/c1-63(2)56-24-12-9-20-47(56)48-31-28-40(37-57(48)63)64(39-29-34-59-55(36-39)49-21-10-13-25-58(49)65-59)38-27-30-46-44-18-6-4-16-42(44)41-15-3-5-17-43(41)45-19-7-8-23-51(45)61-52(54(46)35-38)32-33-53-50-22-11-14-26-60(50)66-62(53)61/h3-37H,1-2H3. The summed E-state index contributed by atoms with van der Waals surface area (Å²) in [5, 5.41) is 17.0. The van der Waals surface area contributed by atoms with E-state index in [4.69, 9.17) is 4.42 Å². The van der Waals surface area contributed by atoms with Gasteiger partial charge in [-0.1, -0.05) is 172 Å². The summed E-state index contributed by atoms with van der Waals surface area (Å²) in [5.74, 6) is 0. The molecule has 0 atom stereocenters. The number of thiophene rings is 1. The number of hydrogen-bond donors (Lipinski definition) is 0. The lowest BCUT2D eigenvalue weighted by atomic mass is 9.82. The van der Waals surface area contributed by atoms with Gasteiger partial charge in [0.25, 0.3) is 0 Å². The van der Waals surface area contributed by atoms with E-state index in [0.29, 0.717) is 0 Å². The molecule has 0 unspecified atom stereocenters. The van der Waals surface area contributed by atoms with E-state index < -0.39 is 0 Å². The Hall–Kier alpha value is -7.98. The highest BCUT2D eigenvalue weighted by molar-refractivity contribution is 7.26. The summed E-state index contributed by atoms with van der Waals surface area (Å²) >= 11 is 1.90. The second kappa shape index (κ2) is 14.0. The number of para-hydroxylation sites is 1. The van der Waals surface area contributed by atoms with Crippen molar-refractivity contribution >= 4 is 124 Å². The van der Waals surface area contributed by atoms with Gasteiger partial charge in [-0.3, -0.25) is 0 Å². The number of rotatable bonds is 3. The second-order valence-electron chi connectivity index (χ2n) is 18.3. The summed E-state index contributed by atoms with van der Waals surface area (Å²) in [6.07, 6.45) is 0. The van der Waals surface area contributed by atoms with Crippen LogP contribution in [0.5, 0.6) is 0 Å². The van der Waals surface area contributed by atoms with Crippen LogP contribution in [0.15, 0.2) is 217 Å². The molecule has 0 fully saturated rings. The molecule has 0 N–H and O–H groups in total. The van der Waals surface area contributed by atoms with Gasteiger partial charge in [0.05, 0.1) is 0 Å². The maximum atomic E-state index is 6.41. The smallest absolute Gasteiger partial charge is 0.135 e. The van der Waals surface area contributed by atoms with Crippen LogP contribution in [0.4, 0.5) is 17.1 Å². The number of hydrogen-bond acceptors (Lipinski definition) is 3. The zero-order chi connectivity index (χ0) is 43.7. The fraction of sp³-hybridized carbons (Fsp3) is 0.0476. The number of anilines is 3. The van der Waals surface area contributed by atoms with Crippen LogP contribution in [0.2, 0.25) is 0 Å². The average molecular weight is 860 g/mol. The monoisotopic (exact) mass is 859 g/mol. The number of nitrogens with zero attached hydrogens (tertiary/aromatic N) is 1. The molecule has 2 aromatic heterocycles. The number of fused-ring (bicyclic) bond motifs is 20. The van der Waals surface area contributed by atoms with E-state index >= 15 is 0 Å². The minimum absolute atomic E-state index is 0.164. The Morgan fingerprint density at radius 2 is 0.818 bits per heavy atom. The minimum Gasteiger partial charge on any atom is -0.456 e. The van der Waals surface area contributed by atoms with Gasteiger partial charge >= 0.3 is 0 Å². The molecule has 13 aromatic rings. The molecule has 14 rings (SSSR count). The lowest BCUT2D eigenvalue weighted by molar-refractivity contribution is 0.660. The number of benzene rings is 10. The summed E-state index contributed by atoms with van der Waals surface area (Å²) in [6, 6.07) is 78.9.